The van der Waals surface area contributed by atoms with Crippen molar-refractivity contribution in [2.45, 2.75) is 31.8 Å². The van der Waals surface area contributed by atoms with Crippen LogP contribution in [0.25, 0.3) is 0 Å². The van der Waals surface area contributed by atoms with Crippen LogP contribution < -0.4 is 0 Å². The third-order valence-electron chi connectivity index (χ3n) is 3.10. The van der Waals surface area contributed by atoms with E-state index in [4.69, 9.17) is 0 Å². The van der Waals surface area contributed by atoms with E-state index in [1.807, 2.05) is 11.8 Å². The zero-order valence-corrected chi connectivity index (χ0v) is 9.30. The topological polar surface area (TPSA) is 40.5 Å². The lowest BCUT2D eigenvalue weighted by Gasteiger charge is -2.37. The van der Waals surface area contributed by atoms with Crippen molar-refractivity contribution < 1.29 is 9.90 Å². The molecule has 80 valence electrons. The fourth-order valence-electron chi connectivity index (χ4n) is 2.18. The minimum atomic E-state index is -0.619. The number of carboxylic acids is 1. The molecule has 1 aliphatic carbocycles. The van der Waals surface area contributed by atoms with Gasteiger partial charge in [0.2, 0.25) is 0 Å². The molecule has 14 heavy (non-hydrogen) atoms. The van der Waals surface area contributed by atoms with Crippen molar-refractivity contribution in [1.29, 1.82) is 0 Å². The summed E-state index contributed by atoms with van der Waals surface area (Å²) in [6, 6.07) is 0.223. The summed E-state index contributed by atoms with van der Waals surface area (Å²) in [6.07, 6.45) is 2.21. The summed E-state index contributed by atoms with van der Waals surface area (Å²) in [5.41, 5.74) is 0. The van der Waals surface area contributed by atoms with E-state index in [1.165, 1.54) is 0 Å². The van der Waals surface area contributed by atoms with Crippen LogP contribution in [0.15, 0.2) is 0 Å². The smallest absolute Gasteiger partial charge is 0.321 e. The summed E-state index contributed by atoms with van der Waals surface area (Å²) < 4.78 is 0. The Bertz CT molecular complexity index is 230. The number of hydrogen-bond donors (Lipinski definition) is 1. The highest BCUT2D eigenvalue weighted by atomic mass is 32.2. The van der Waals surface area contributed by atoms with Gasteiger partial charge in [-0.05, 0) is 25.7 Å². The quantitative estimate of drug-likeness (QED) is 0.770. The lowest BCUT2D eigenvalue weighted by molar-refractivity contribution is -0.145. The van der Waals surface area contributed by atoms with Crippen LogP contribution in [0, 0.1) is 5.92 Å². The third-order valence-corrected chi connectivity index (χ3v) is 4.29. The zero-order chi connectivity index (χ0) is 10.1. The normalized spacial score (nSPS) is 31.4. The van der Waals surface area contributed by atoms with Crippen LogP contribution in [0.3, 0.4) is 0 Å². The van der Waals surface area contributed by atoms with Crippen molar-refractivity contribution >= 4 is 17.7 Å². The number of hydrogen-bond acceptors (Lipinski definition) is 3. The van der Waals surface area contributed by atoms with Gasteiger partial charge in [0.25, 0.3) is 0 Å². The van der Waals surface area contributed by atoms with Gasteiger partial charge in [0.15, 0.2) is 0 Å². The van der Waals surface area contributed by atoms with Crippen molar-refractivity contribution in [2.75, 3.05) is 18.1 Å². The largest absolute Gasteiger partial charge is 0.480 e. The minimum Gasteiger partial charge on any atom is -0.480 e. The Hall–Kier alpha value is -0.220. The second kappa shape index (κ2) is 4.11. The molecule has 0 radical (unpaired) electrons. The van der Waals surface area contributed by atoms with Gasteiger partial charge in [-0.1, -0.05) is 0 Å². The van der Waals surface area contributed by atoms with E-state index in [-0.39, 0.29) is 6.04 Å². The molecule has 0 aromatic heterocycles. The second-order valence-electron chi connectivity index (χ2n) is 4.28. The molecule has 1 heterocycles. The second-order valence-corrected chi connectivity index (χ2v) is 5.43. The molecule has 2 rings (SSSR count). The number of carboxylic acid groups (broad SMARTS) is 1. The van der Waals surface area contributed by atoms with Gasteiger partial charge in [-0.15, -0.1) is 0 Å². The predicted molar refractivity (Wildman–Crippen MR) is 57.6 cm³/mol. The molecule has 0 amide bonds. The van der Waals surface area contributed by atoms with Crippen LogP contribution in [0.4, 0.5) is 0 Å². The highest BCUT2D eigenvalue weighted by Crippen LogP contribution is 2.37. The van der Waals surface area contributed by atoms with Gasteiger partial charge in [-0.2, -0.15) is 11.8 Å². The standard InChI is InChI=1S/C10H17NO2S/c1-7-6-14-5-4-11(7)9(10(12)13)8-2-3-8/h7-9H,2-6H2,1H3,(H,12,13). The highest BCUT2D eigenvalue weighted by molar-refractivity contribution is 7.99. The molecule has 1 saturated heterocycles. The molecule has 1 aliphatic heterocycles. The fourth-order valence-corrected chi connectivity index (χ4v) is 3.22. The molecule has 1 N–H and O–H groups in total. The van der Waals surface area contributed by atoms with Crippen LogP contribution >= 0.6 is 11.8 Å². The Morgan fingerprint density at radius 3 is 2.79 bits per heavy atom. The van der Waals surface area contributed by atoms with Crippen molar-refractivity contribution in [3.8, 4) is 0 Å². The van der Waals surface area contributed by atoms with E-state index in [0.717, 1.165) is 30.9 Å². The van der Waals surface area contributed by atoms with Crippen molar-refractivity contribution in [3.63, 3.8) is 0 Å². The van der Waals surface area contributed by atoms with Gasteiger partial charge in [-0.3, -0.25) is 9.69 Å². The molecule has 2 atom stereocenters. The first kappa shape index (κ1) is 10.3. The Labute approximate surface area is 88.9 Å². The highest BCUT2D eigenvalue weighted by Gasteiger charge is 2.42. The zero-order valence-electron chi connectivity index (χ0n) is 8.48. The average Bonchev–Trinajstić information content (AvgIpc) is 2.92. The van der Waals surface area contributed by atoms with Gasteiger partial charge in [-0.25, -0.2) is 0 Å². The molecule has 0 bridgehead atoms. The molecule has 2 aliphatic rings. The predicted octanol–water partition coefficient (Wildman–Crippen LogP) is 1.29. The number of rotatable bonds is 3. The summed E-state index contributed by atoms with van der Waals surface area (Å²) >= 11 is 1.93. The van der Waals surface area contributed by atoms with Crippen LogP contribution in [0.2, 0.25) is 0 Å². The van der Waals surface area contributed by atoms with Crippen LogP contribution in [0.5, 0.6) is 0 Å². The third kappa shape index (κ3) is 2.06. The Morgan fingerprint density at radius 1 is 1.57 bits per heavy atom. The SMILES string of the molecule is CC1CSCCN1C(C(=O)O)C1CC1. The summed E-state index contributed by atoms with van der Waals surface area (Å²) in [6.45, 7) is 3.09. The molecule has 4 heteroatoms. The lowest BCUT2D eigenvalue weighted by atomic mass is 10.1. The molecule has 2 unspecified atom stereocenters. The Kier molecular flexibility index (Phi) is 3.02. The number of carbonyl (C=O) groups is 1. The first-order valence-electron chi connectivity index (χ1n) is 5.26. The van der Waals surface area contributed by atoms with Gasteiger partial charge in [0, 0.05) is 24.1 Å². The maximum Gasteiger partial charge on any atom is 0.321 e. The van der Waals surface area contributed by atoms with E-state index >= 15 is 0 Å². The summed E-state index contributed by atoms with van der Waals surface area (Å²) in [7, 11) is 0. The maximum atomic E-state index is 11.2. The maximum absolute atomic E-state index is 11.2. The first-order chi connectivity index (χ1) is 6.70. The van der Waals surface area contributed by atoms with Crippen LogP contribution in [-0.2, 0) is 4.79 Å². The monoisotopic (exact) mass is 215 g/mol. The van der Waals surface area contributed by atoms with E-state index in [0.29, 0.717) is 12.0 Å². The van der Waals surface area contributed by atoms with E-state index in [2.05, 4.69) is 11.8 Å². The van der Waals surface area contributed by atoms with Gasteiger partial charge >= 0.3 is 5.97 Å². The fraction of sp³-hybridized carbons (Fsp3) is 0.900. The number of thioether (sulfide) groups is 1. The van der Waals surface area contributed by atoms with Gasteiger partial charge in [0.05, 0.1) is 0 Å². The lowest BCUT2D eigenvalue weighted by Crippen LogP contribution is -2.51. The molecular weight excluding hydrogens is 198 g/mol. The van der Waals surface area contributed by atoms with E-state index in [9.17, 15) is 9.90 Å². The Morgan fingerprint density at radius 2 is 2.29 bits per heavy atom. The van der Waals surface area contributed by atoms with E-state index in [1.54, 1.807) is 0 Å². The summed E-state index contributed by atoms with van der Waals surface area (Å²) in [4.78, 5) is 13.4. The number of nitrogens with zero attached hydrogens (tertiary/aromatic N) is 1. The summed E-state index contributed by atoms with van der Waals surface area (Å²) in [5, 5.41) is 9.21. The minimum absolute atomic E-state index is 0.203. The van der Waals surface area contributed by atoms with E-state index < -0.39 is 5.97 Å². The summed E-state index contributed by atoms with van der Waals surface area (Å²) in [5.74, 6) is 1.97. The van der Waals surface area contributed by atoms with Crippen LogP contribution in [-0.4, -0.2) is 46.1 Å². The number of aliphatic carboxylic acids is 1. The van der Waals surface area contributed by atoms with Gasteiger partial charge < -0.3 is 5.11 Å². The van der Waals surface area contributed by atoms with Crippen molar-refractivity contribution in [3.05, 3.63) is 0 Å². The molecular formula is C10H17NO2S. The molecule has 0 spiro atoms. The molecule has 0 aromatic rings. The molecule has 2 fully saturated rings. The van der Waals surface area contributed by atoms with Crippen molar-refractivity contribution in [1.82, 2.24) is 4.90 Å². The molecule has 0 aromatic carbocycles. The van der Waals surface area contributed by atoms with Gasteiger partial charge in [0.1, 0.15) is 6.04 Å². The van der Waals surface area contributed by atoms with Crippen molar-refractivity contribution in [2.24, 2.45) is 5.92 Å². The Balaban J connectivity index is 2.04. The van der Waals surface area contributed by atoms with Crippen LogP contribution in [0.1, 0.15) is 19.8 Å². The first-order valence-corrected chi connectivity index (χ1v) is 6.42. The molecule has 3 nitrogen and oxygen atoms in total. The molecule has 1 saturated carbocycles. The average molecular weight is 215 g/mol.